The van der Waals surface area contributed by atoms with Gasteiger partial charge in [0, 0.05) is 34.6 Å². The predicted molar refractivity (Wildman–Crippen MR) is 161 cm³/mol. The van der Waals surface area contributed by atoms with Crippen molar-refractivity contribution in [3.8, 4) is 5.69 Å². The Balaban J connectivity index is 0.000000198. The molecule has 0 bridgehead atoms. The Morgan fingerprint density at radius 3 is 1.90 bits per heavy atom. The van der Waals surface area contributed by atoms with Crippen molar-refractivity contribution in [3.05, 3.63) is 144 Å². The molecular formula is C35H33IrN5+. The van der Waals surface area contributed by atoms with Crippen LogP contribution in [0.2, 0.25) is 0 Å². The fraction of sp³-hybridized carbons (Fsp3) is 0.200. The summed E-state index contributed by atoms with van der Waals surface area (Å²) in [5.41, 5.74) is 5.90. The van der Waals surface area contributed by atoms with Crippen LogP contribution in [0.4, 0.5) is 5.69 Å². The van der Waals surface area contributed by atoms with Gasteiger partial charge in [-0.3, -0.25) is 9.67 Å². The van der Waals surface area contributed by atoms with Crippen LogP contribution in [0.5, 0.6) is 0 Å². The number of hydrogen-bond donors (Lipinski definition) is 0. The molecule has 0 fully saturated rings. The van der Waals surface area contributed by atoms with Gasteiger partial charge in [0.2, 0.25) is 0 Å². The van der Waals surface area contributed by atoms with E-state index in [-0.39, 0.29) is 30.9 Å². The smallest absolute Gasteiger partial charge is 0.265 e. The van der Waals surface area contributed by atoms with Crippen molar-refractivity contribution < 1.29 is 24.8 Å². The molecule has 0 saturated carbocycles. The van der Waals surface area contributed by atoms with Gasteiger partial charge in [0.1, 0.15) is 5.69 Å². The van der Waals surface area contributed by atoms with Crippen LogP contribution in [0.1, 0.15) is 56.6 Å². The van der Waals surface area contributed by atoms with Crippen LogP contribution in [-0.2, 0) is 30.9 Å². The van der Waals surface area contributed by atoms with E-state index < -0.39 is 0 Å². The zero-order chi connectivity index (χ0) is 28.0. The molecule has 6 heteroatoms. The first-order chi connectivity index (χ1) is 19.4. The van der Waals surface area contributed by atoms with E-state index in [0.717, 1.165) is 40.3 Å². The second-order valence-electron chi connectivity index (χ2n) is 10.6. The van der Waals surface area contributed by atoms with Gasteiger partial charge in [-0.05, 0) is 29.0 Å². The van der Waals surface area contributed by atoms with Crippen molar-refractivity contribution in [3.63, 3.8) is 0 Å². The van der Waals surface area contributed by atoms with Gasteiger partial charge in [0.05, 0.1) is 12.6 Å². The van der Waals surface area contributed by atoms with E-state index in [1.807, 2.05) is 71.8 Å². The molecule has 0 aliphatic carbocycles. The first kappa shape index (κ1) is 30.0. The van der Waals surface area contributed by atoms with E-state index in [4.69, 9.17) is 4.98 Å². The van der Waals surface area contributed by atoms with Crippen molar-refractivity contribution in [1.82, 2.24) is 14.8 Å². The standard InChI is InChI=1S/C23H23N.C12H10N4.Ir/c1-22(2,18-12-7-5-8-13-18)20-16-11-17-21(24-20)23(3,4)19-14-9-6-10-15-19;1-4-11(15-8-2-6-13-15)10-12(5-1)16-9-3-7-14-16;/h5-12,14,16-17H,1-4H3;1-2,4-9H,3H2;/q-2;;+3. The maximum atomic E-state index is 5.03. The molecule has 5 nitrogen and oxygen atoms in total. The second-order valence-corrected chi connectivity index (χ2v) is 10.6. The predicted octanol–water partition coefficient (Wildman–Crippen LogP) is 7.11. The first-order valence-corrected chi connectivity index (χ1v) is 13.5. The molecule has 206 valence electrons. The average Bonchev–Trinajstić information content (AvgIpc) is 3.74. The van der Waals surface area contributed by atoms with Crippen LogP contribution in [0, 0.1) is 18.2 Å². The summed E-state index contributed by atoms with van der Waals surface area (Å²) in [5, 5.41) is 8.39. The molecule has 6 rings (SSSR count). The van der Waals surface area contributed by atoms with Crippen LogP contribution < -0.4 is 0 Å². The molecule has 0 N–H and O–H groups in total. The van der Waals surface area contributed by atoms with Crippen molar-refractivity contribution >= 4 is 18.1 Å². The third-order valence-electron chi connectivity index (χ3n) is 7.15. The molecular weight excluding hydrogens is 683 g/mol. The summed E-state index contributed by atoms with van der Waals surface area (Å²) in [4.78, 5) is 5.03. The maximum absolute atomic E-state index is 5.03. The Hall–Kier alpha value is -3.99. The normalized spacial score (nSPS) is 12.6. The maximum Gasteiger partial charge on any atom is 3.00 e. The van der Waals surface area contributed by atoms with Gasteiger partial charge in [0.25, 0.3) is 0 Å². The molecule has 1 aliphatic heterocycles. The third-order valence-corrected chi connectivity index (χ3v) is 7.15. The van der Waals surface area contributed by atoms with Crippen LogP contribution in [0.25, 0.3) is 5.69 Å². The fourth-order valence-electron chi connectivity index (χ4n) is 4.58. The Morgan fingerprint density at radius 2 is 1.39 bits per heavy atom. The van der Waals surface area contributed by atoms with Crippen LogP contribution in [0.15, 0.2) is 108 Å². The summed E-state index contributed by atoms with van der Waals surface area (Å²) in [6.07, 6.45) is 8.40. The molecule has 0 saturated heterocycles. The Bertz CT molecular complexity index is 1540. The number of nitrogens with zero attached hydrogens (tertiary/aromatic N) is 5. The first-order valence-electron chi connectivity index (χ1n) is 13.5. The molecule has 1 aliphatic rings. The average molecular weight is 716 g/mol. The fourth-order valence-corrected chi connectivity index (χ4v) is 4.58. The number of benzene rings is 3. The summed E-state index contributed by atoms with van der Waals surface area (Å²) in [5.74, 6) is 0. The van der Waals surface area contributed by atoms with Gasteiger partial charge in [-0.25, -0.2) is 0 Å². The molecule has 0 radical (unpaired) electrons. The summed E-state index contributed by atoms with van der Waals surface area (Å²) in [7, 11) is 0. The summed E-state index contributed by atoms with van der Waals surface area (Å²) < 4.78 is 3.61. The number of rotatable bonds is 6. The zero-order valence-electron chi connectivity index (χ0n) is 23.7. The molecule has 0 amide bonds. The van der Waals surface area contributed by atoms with Crippen LogP contribution >= 0.6 is 0 Å². The zero-order valence-corrected chi connectivity index (χ0v) is 26.1. The topological polar surface area (TPSA) is 46.1 Å². The van der Waals surface area contributed by atoms with E-state index in [1.54, 1.807) is 10.9 Å². The Kier molecular flexibility index (Phi) is 9.59. The van der Waals surface area contributed by atoms with Crippen molar-refractivity contribution in [2.45, 2.75) is 44.9 Å². The largest absolute Gasteiger partial charge is 3.00 e. The van der Waals surface area contributed by atoms with Gasteiger partial charge in [-0.2, -0.15) is 83.0 Å². The molecule has 41 heavy (non-hydrogen) atoms. The van der Waals surface area contributed by atoms with Gasteiger partial charge in [0.15, 0.2) is 6.21 Å². The summed E-state index contributed by atoms with van der Waals surface area (Å²) in [6.45, 7) is 8.80. The quantitative estimate of drug-likeness (QED) is 0.139. The molecule has 2 aromatic heterocycles. The van der Waals surface area contributed by atoms with E-state index in [2.05, 4.69) is 98.6 Å². The van der Waals surface area contributed by atoms with Crippen LogP contribution in [0.3, 0.4) is 0 Å². The molecule has 3 heterocycles. The minimum absolute atomic E-state index is 0. The molecule has 0 atom stereocenters. The number of hydrogen-bond acceptors (Lipinski definition) is 3. The van der Waals surface area contributed by atoms with Gasteiger partial charge in [-0.15, -0.1) is 6.07 Å². The van der Waals surface area contributed by atoms with Crippen molar-refractivity contribution in [2.75, 3.05) is 0 Å². The van der Waals surface area contributed by atoms with Crippen LogP contribution in [-0.4, -0.2) is 31.9 Å². The van der Waals surface area contributed by atoms with Crippen molar-refractivity contribution in [1.29, 1.82) is 0 Å². The molecule has 3 aromatic carbocycles. The summed E-state index contributed by atoms with van der Waals surface area (Å²) in [6, 6.07) is 40.4. The number of aromatic nitrogens is 3. The minimum Gasteiger partial charge on any atom is -0.265 e. The summed E-state index contributed by atoms with van der Waals surface area (Å²) >= 11 is 0. The molecule has 0 unspecified atom stereocenters. The van der Waals surface area contributed by atoms with E-state index in [0.29, 0.717) is 0 Å². The van der Waals surface area contributed by atoms with Gasteiger partial charge in [-0.1, -0.05) is 50.6 Å². The SMILES string of the molecule is CC(C)(c1[c-]cccc1)c1cccc(C(C)(C)c2[c-]cccc2)n1.[Ir+3].[c-]1c(-n2cccn2)cccc1[N+]1=CCC=N1. The number of hydrazone groups is 1. The number of pyridine rings is 1. The minimum atomic E-state index is -0.187. The van der Waals surface area contributed by atoms with Gasteiger partial charge < -0.3 is 0 Å². The Labute approximate surface area is 256 Å². The second kappa shape index (κ2) is 13.1. The van der Waals surface area contributed by atoms with E-state index >= 15 is 0 Å². The van der Waals surface area contributed by atoms with E-state index in [9.17, 15) is 0 Å². The molecule has 0 spiro atoms. The van der Waals surface area contributed by atoms with Gasteiger partial charge >= 0.3 is 20.1 Å². The van der Waals surface area contributed by atoms with Crippen molar-refractivity contribution in [2.24, 2.45) is 5.10 Å². The third kappa shape index (κ3) is 6.84. The van der Waals surface area contributed by atoms with E-state index in [1.165, 1.54) is 0 Å². The molecule has 5 aromatic rings. The Morgan fingerprint density at radius 1 is 0.756 bits per heavy atom. The monoisotopic (exact) mass is 716 g/mol.